The lowest BCUT2D eigenvalue weighted by molar-refractivity contribution is 0.341. The number of benzene rings is 1. The van der Waals surface area contributed by atoms with Gasteiger partial charge in [0.15, 0.2) is 0 Å². The lowest BCUT2D eigenvalue weighted by Gasteiger charge is -2.33. The third-order valence-corrected chi connectivity index (χ3v) is 3.88. The zero-order chi connectivity index (χ0) is 15.6. The van der Waals surface area contributed by atoms with E-state index in [9.17, 15) is 0 Å². The van der Waals surface area contributed by atoms with Gasteiger partial charge in [-0.1, -0.05) is 13.0 Å². The predicted molar refractivity (Wildman–Crippen MR) is 92.3 cm³/mol. The summed E-state index contributed by atoms with van der Waals surface area (Å²) in [7, 11) is 0. The highest BCUT2D eigenvalue weighted by atomic mass is 16.5. The van der Waals surface area contributed by atoms with Crippen LogP contribution in [0.4, 0.5) is 11.4 Å². The van der Waals surface area contributed by atoms with Crippen molar-refractivity contribution in [2.75, 3.05) is 17.2 Å². The Morgan fingerprint density at radius 3 is 2.62 bits per heavy atom. The minimum absolute atomic E-state index is 0.0470. The number of anilines is 2. The molecule has 1 unspecified atom stereocenters. The van der Waals surface area contributed by atoms with Gasteiger partial charge < -0.3 is 15.4 Å². The molecule has 116 valence electrons. The number of hydrogen-bond donors (Lipinski definition) is 2. The highest BCUT2D eigenvalue weighted by Crippen LogP contribution is 2.42. The molecule has 1 aliphatic rings. The molecule has 1 aromatic rings. The summed E-state index contributed by atoms with van der Waals surface area (Å²) in [6.45, 7) is 13.6. The van der Waals surface area contributed by atoms with Crippen molar-refractivity contribution < 1.29 is 4.74 Å². The van der Waals surface area contributed by atoms with E-state index in [1.54, 1.807) is 0 Å². The molecular weight excluding hydrogens is 260 g/mol. The molecule has 1 heterocycles. The molecule has 3 heteroatoms. The Morgan fingerprint density at radius 2 is 2.00 bits per heavy atom. The topological polar surface area (TPSA) is 33.3 Å². The predicted octanol–water partition coefficient (Wildman–Crippen LogP) is 4.90. The fourth-order valence-corrected chi connectivity index (χ4v) is 2.77. The Bertz CT molecular complexity index is 546. The van der Waals surface area contributed by atoms with E-state index in [4.69, 9.17) is 4.74 Å². The van der Waals surface area contributed by atoms with Crippen molar-refractivity contribution in [3.63, 3.8) is 0 Å². The van der Waals surface area contributed by atoms with Gasteiger partial charge in [0.2, 0.25) is 0 Å². The van der Waals surface area contributed by atoms with Crippen molar-refractivity contribution in [1.82, 2.24) is 0 Å². The normalized spacial score (nSPS) is 17.3. The molecular formula is C18H28N2O. The monoisotopic (exact) mass is 288 g/mol. The molecule has 2 N–H and O–H groups in total. The fraction of sp³-hybridized carbons (Fsp3) is 0.556. The molecule has 0 bridgehead atoms. The van der Waals surface area contributed by atoms with Crippen LogP contribution in [0.2, 0.25) is 0 Å². The van der Waals surface area contributed by atoms with E-state index >= 15 is 0 Å². The summed E-state index contributed by atoms with van der Waals surface area (Å²) in [5, 5.41) is 7.13. The van der Waals surface area contributed by atoms with Crippen molar-refractivity contribution in [3.05, 3.63) is 23.8 Å². The number of hydrogen-bond acceptors (Lipinski definition) is 3. The van der Waals surface area contributed by atoms with Gasteiger partial charge in [-0.25, -0.2) is 0 Å². The van der Waals surface area contributed by atoms with Crippen LogP contribution >= 0.6 is 0 Å². The van der Waals surface area contributed by atoms with Crippen LogP contribution in [0, 0.1) is 0 Å². The highest BCUT2D eigenvalue weighted by Gasteiger charge is 2.26. The quantitative estimate of drug-likeness (QED) is 0.808. The zero-order valence-corrected chi connectivity index (χ0v) is 14.1. The van der Waals surface area contributed by atoms with Crippen LogP contribution in [-0.2, 0) is 0 Å². The molecule has 1 atom stereocenters. The fourth-order valence-electron chi connectivity index (χ4n) is 2.77. The van der Waals surface area contributed by atoms with Crippen molar-refractivity contribution in [2.24, 2.45) is 0 Å². The van der Waals surface area contributed by atoms with Gasteiger partial charge in [0.1, 0.15) is 5.75 Å². The minimum Gasteiger partial charge on any atom is -0.492 e. The lowest BCUT2D eigenvalue weighted by atomic mass is 9.90. The van der Waals surface area contributed by atoms with Gasteiger partial charge in [0.25, 0.3) is 0 Å². The first-order valence-corrected chi connectivity index (χ1v) is 7.91. The SMILES string of the molecule is CCOc1cc(NC(C)CC)cc2c1NC(C)(C)C=C2C. The van der Waals surface area contributed by atoms with Crippen LogP contribution in [0.25, 0.3) is 5.57 Å². The third kappa shape index (κ3) is 3.52. The van der Waals surface area contributed by atoms with Crippen molar-refractivity contribution in [1.29, 1.82) is 0 Å². The van der Waals surface area contributed by atoms with Gasteiger partial charge in [-0.2, -0.15) is 0 Å². The van der Waals surface area contributed by atoms with Gasteiger partial charge in [0.05, 0.1) is 17.8 Å². The maximum atomic E-state index is 5.87. The van der Waals surface area contributed by atoms with Crippen molar-refractivity contribution in [2.45, 2.75) is 59.5 Å². The van der Waals surface area contributed by atoms with Gasteiger partial charge in [0, 0.05) is 23.4 Å². The summed E-state index contributed by atoms with van der Waals surface area (Å²) in [6.07, 6.45) is 3.37. The number of ether oxygens (including phenoxy) is 1. The van der Waals surface area contributed by atoms with Crippen LogP contribution in [0.15, 0.2) is 18.2 Å². The van der Waals surface area contributed by atoms with Gasteiger partial charge in [-0.15, -0.1) is 0 Å². The molecule has 0 amide bonds. The summed E-state index contributed by atoms with van der Waals surface area (Å²) in [5.74, 6) is 0.932. The summed E-state index contributed by atoms with van der Waals surface area (Å²) in [6, 6.07) is 4.78. The first-order valence-electron chi connectivity index (χ1n) is 7.91. The first-order chi connectivity index (χ1) is 9.86. The standard InChI is InChI=1S/C18H28N2O/c1-7-13(4)19-14-9-15-12(3)11-18(5,6)20-17(15)16(10-14)21-8-2/h9-11,13,19-20H,7-8H2,1-6H3. The molecule has 21 heavy (non-hydrogen) atoms. The van der Waals surface area contributed by atoms with E-state index in [0.29, 0.717) is 12.6 Å². The third-order valence-electron chi connectivity index (χ3n) is 3.88. The van der Waals surface area contributed by atoms with Crippen LogP contribution in [-0.4, -0.2) is 18.2 Å². The molecule has 0 aliphatic carbocycles. The van der Waals surface area contributed by atoms with Crippen LogP contribution < -0.4 is 15.4 Å². The van der Waals surface area contributed by atoms with E-state index in [0.717, 1.165) is 23.5 Å². The van der Waals surface area contributed by atoms with Gasteiger partial charge in [-0.3, -0.25) is 0 Å². The van der Waals surface area contributed by atoms with Crippen LogP contribution in [0.3, 0.4) is 0 Å². The Kier molecular flexibility index (Phi) is 4.50. The van der Waals surface area contributed by atoms with E-state index in [2.05, 4.69) is 63.5 Å². The van der Waals surface area contributed by atoms with Gasteiger partial charge >= 0.3 is 0 Å². The number of fused-ring (bicyclic) bond motifs is 1. The van der Waals surface area contributed by atoms with Crippen molar-refractivity contribution >= 4 is 16.9 Å². The number of allylic oxidation sites excluding steroid dienone is 1. The summed E-state index contributed by atoms with van der Waals surface area (Å²) >= 11 is 0. The van der Waals surface area contributed by atoms with Crippen LogP contribution in [0.5, 0.6) is 5.75 Å². The number of rotatable bonds is 5. The highest BCUT2D eigenvalue weighted by molar-refractivity contribution is 5.86. The molecule has 0 fully saturated rings. The molecule has 2 rings (SSSR count). The second-order valence-corrected chi connectivity index (χ2v) is 6.46. The molecule has 0 saturated heterocycles. The molecule has 0 radical (unpaired) electrons. The Hall–Kier alpha value is -1.64. The largest absolute Gasteiger partial charge is 0.492 e. The van der Waals surface area contributed by atoms with Crippen molar-refractivity contribution in [3.8, 4) is 5.75 Å². The summed E-state index contributed by atoms with van der Waals surface area (Å²) in [4.78, 5) is 0. The second kappa shape index (κ2) is 6.00. The van der Waals surface area contributed by atoms with E-state index in [1.165, 1.54) is 11.1 Å². The lowest BCUT2D eigenvalue weighted by Crippen LogP contribution is -2.32. The smallest absolute Gasteiger partial charge is 0.145 e. The molecule has 0 saturated carbocycles. The first kappa shape index (κ1) is 15.7. The van der Waals surface area contributed by atoms with E-state index in [-0.39, 0.29) is 5.54 Å². The van der Waals surface area contributed by atoms with E-state index in [1.807, 2.05) is 6.92 Å². The maximum Gasteiger partial charge on any atom is 0.145 e. The van der Waals surface area contributed by atoms with Crippen LogP contribution in [0.1, 0.15) is 53.5 Å². The molecule has 0 spiro atoms. The average molecular weight is 288 g/mol. The molecule has 0 aromatic heterocycles. The minimum atomic E-state index is -0.0470. The summed E-state index contributed by atoms with van der Waals surface area (Å²) < 4.78 is 5.87. The second-order valence-electron chi connectivity index (χ2n) is 6.46. The molecule has 1 aliphatic heterocycles. The Labute approximate surface area is 128 Å². The summed E-state index contributed by atoms with van der Waals surface area (Å²) in [5.41, 5.74) is 4.71. The average Bonchev–Trinajstić information content (AvgIpc) is 2.39. The Morgan fingerprint density at radius 1 is 1.29 bits per heavy atom. The molecule has 3 nitrogen and oxygen atoms in total. The molecule has 1 aromatic carbocycles. The Balaban J connectivity index is 2.47. The van der Waals surface area contributed by atoms with Gasteiger partial charge in [-0.05, 0) is 52.7 Å². The zero-order valence-electron chi connectivity index (χ0n) is 14.1. The maximum absolute atomic E-state index is 5.87. The van der Waals surface area contributed by atoms with E-state index < -0.39 is 0 Å². The number of nitrogens with one attached hydrogen (secondary N) is 2.